The minimum absolute atomic E-state index is 0.0737. The van der Waals surface area contributed by atoms with Gasteiger partial charge in [0, 0.05) is 12.4 Å². The molecule has 19 heavy (non-hydrogen) atoms. The summed E-state index contributed by atoms with van der Waals surface area (Å²) >= 11 is 0. The highest BCUT2D eigenvalue weighted by atomic mass is 16.1. The first kappa shape index (κ1) is 11.7. The van der Waals surface area contributed by atoms with Gasteiger partial charge in [0.2, 0.25) is 0 Å². The molecule has 2 heterocycles. The fourth-order valence-corrected chi connectivity index (χ4v) is 2.28. The van der Waals surface area contributed by atoms with Crippen molar-refractivity contribution < 1.29 is 0 Å². The molecule has 0 saturated carbocycles. The number of H-pyrrole nitrogens is 1. The number of para-hydroxylation sites is 1. The second-order valence-electron chi connectivity index (χ2n) is 4.55. The van der Waals surface area contributed by atoms with Gasteiger partial charge in [-0.05, 0) is 24.1 Å². The molecule has 0 radical (unpaired) electrons. The maximum Gasteiger partial charge on any atom is 0.282 e. The van der Waals surface area contributed by atoms with E-state index in [9.17, 15) is 4.79 Å². The van der Waals surface area contributed by atoms with Gasteiger partial charge in [-0.2, -0.15) is 9.78 Å². The molecule has 0 aliphatic carbocycles. The van der Waals surface area contributed by atoms with E-state index in [0.717, 1.165) is 29.8 Å². The Bertz CT molecular complexity index is 712. The molecule has 2 aliphatic rings. The fourth-order valence-electron chi connectivity index (χ4n) is 2.28. The van der Waals surface area contributed by atoms with Crippen LogP contribution in [0.15, 0.2) is 47.5 Å². The van der Waals surface area contributed by atoms with E-state index in [1.165, 1.54) is 4.68 Å². The SMILES string of the molecule is CCCc1c[nH]cc2c(=O)n(-c3ccccc3)nc1-2. The molecule has 0 unspecified atom stereocenters. The maximum absolute atomic E-state index is 12.4. The molecule has 0 fully saturated rings. The lowest BCUT2D eigenvalue weighted by molar-refractivity contribution is 0.846. The second-order valence-corrected chi connectivity index (χ2v) is 4.55. The molecule has 0 spiro atoms. The number of aromatic nitrogens is 3. The monoisotopic (exact) mass is 253 g/mol. The summed E-state index contributed by atoms with van der Waals surface area (Å²) in [4.78, 5) is 15.4. The van der Waals surface area contributed by atoms with E-state index >= 15 is 0 Å². The second kappa shape index (κ2) is 4.72. The van der Waals surface area contributed by atoms with Gasteiger partial charge in [-0.15, -0.1) is 0 Å². The Balaban J connectivity index is 2.23. The molecule has 1 aromatic rings. The van der Waals surface area contributed by atoms with Crippen LogP contribution in [0.4, 0.5) is 0 Å². The van der Waals surface area contributed by atoms with Crippen molar-refractivity contribution in [2.24, 2.45) is 0 Å². The van der Waals surface area contributed by atoms with Crippen LogP contribution in [0.25, 0.3) is 16.9 Å². The maximum atomic E-state index is 12.4. The summed E-state index contributed by atoms with van der Waals surface area (Å²) in [5, 5.41) is 4.49. The average molecular weight is 253 g/mol. The molecule has 0 saturated heterocycles. The highest BCUT2D eigenvalue weighted by Crippen LogP contribution is 2.21. The van der Waals surface area contributed by atoms with Crippen LogP contribution in [0.5, 0.6) is 0 Å². The van der Waals surface area contributed by atoms with Crippen molar-refractivity contribution in [2.75, 3.05) is 0 Å². The molecule has 0 bridgehead atoms. The predicted octanol–water partition coefficient (Wildman–Crippen LogP) is 2.62. The number of aryl methyl sites for hydroxylation is 1. The average Bonchev–Trinajstić information content (AvgIpc) is 2.79. The van der Waals surface area contributed by atoms with Gasteiger partial charge < -0.3 is 4.98 Å². The van der Waals surface area contributed by atoms with Crippen molar-refractivity contribution in [3.63, 3.8) is 0 Å². The van der Waals surface area contributed by atoms with Gasteiger partial charge in [0.1, 0.15) is 5.69 Å². The van der Waals surface area contributed by atoms with Crippen LogP contribution in [0, 0.1) is 0 Å². The van der Waals surface area contributed by atoms with Gasteiger partial charge in [0.15, 0.2) is 0 Å². The summed E-state index contributed by atoms with van der Waals surface area (Å²) in [5.74, 6) is 0. The number of pyridine rings is 1. The number of hydrogen-bond acceptors (Lipinski definition) is 2. The Morgan fingerprint density at radius 3 is 2.74 bits per heavy atom. The molecule has 4 nitrogen and oxygen atoms in total. The zero-order valence-electron chi connectivity index (χ0n) is 10.8. The molecule has 0 atom stereocenters. The predicted molar refractivity (Wildman–Crippen MR) is 74.8 cm³/mol. The van der Waals surface area contributed by atoms with Crippen LogP contribution >= 0.6 is 0 Å². The van der Waals surface area contributed by atoms with Crippen molar-refractivity contribution in [3.8, 4) is 16.9 Å². The topological polar surface area (TPSA) is 50.7 Å². The van der Waals surface area contributed by atoms with Crippen LogP contribution in [0.2, 0.25) is 0 Å². The van der Waals surface area contributed by atoms with Gasteiger partial charge in [-0.25, -0.2) is 0 Å². The van der Waals surface area contributed by atoms with Crippen LogP contribution < -0.4 is 5.56 Å². The zero-order valence-corrected chi connectivity index (χ0v) is 10.8. The smallest absolute Gasteiger partial charge is 0.282 e. The Kier molecular flexibility index (Phi) is 2.91. The first-order valence-electron chi connectivity index (χ1n) is 6.45. The summed E-state index contributed by atoms with van der Waals surface area (Å²) in [5.41, 5.74) is 3.26. The van der Waals surface area contributed by atoms with E-state index in [1.807, 2.05) is 36.5 Å². The molecule has 0 aromatic heterocycles. The molecule has 96 valence electrons. The molecule has 2 aliphatic heterocycles. The highest BCUT2D eigenvalue weighted by Gasteiger charge is 2.18. The van der Waals surface area contributed by atoms with Gasteiger partial charge in [-0.3, -0.25) is 4.79 Å². The number of hydrogen-bond donors (Lipinski definition) is 1. The Morgan fingerprint density at radius 2 is 2.00 bits per heavy atom. The Hall–Kier alpha value is -2.36. The van der Waals surface area contributed by atoms with E-state index in [0.29, 0.717) is 5.56 Å². The van der Waals surface area contributed by atoms with E-state index in [-0.39, 0.29) is 5.56 Å². The Morgan fingerprint density at radius 1 is 1.21 bits per heavy atom. The van der Waals surface area contributed by atoms with Crippen molar-refractivity contribution >= 4 is 0 Å². The van der Waals surface area contributed by atoms with Gasteiger partial charge in [0.05, 0.1) is 11.3 Å². The first-order chi connectivity index (χ1) is 9.31. The number of benzene rings is 1. The zero-order chi connectivity index (χ0) is 13.2. The summed E-state index contributed by atoms with van der Waals surface area (Å²) in [7, 11) is 0. The van der Waals surface area contributed by atoms with Crippen molar-refractivity contribution in [1.82, 2.24) is 14.8 Å². The van der Waals surface area contributed by atoms with E-state index in [4.69, 9.17) is 0 Å². The number of nitrogens with zero attached hydrogens (tertiary/aromatic N) is 2. The normalized spacial score (nSPS) is 11.0. The molecule has 3 rings (SSSR count). The summed E-state index contributed by atoms with van der Waals surface area (Å²) in [6, 6.07) is 9.50. The van der Waals surface area contributed by atoms with Crippen LogP contribution in [0.3, 0.4) is 0 Å². The third-order valence-corrected chi connectivity index (χ3v) is 3.19. The van der Waals surface area contributed by atoms with Gasteiger partial charge in [-0.1, -0.05) is 31.5 Å². The third kappa shape index (κ3) is 1.95. The van der Waals surface area contributed by atoms with Crippen molar-refractivity contribution in [3.05, 3.63) is 58.6 Å². The minimum Gasteiger partial charge on any atom is -0.367 e. The largest absolute Gasteiger partial charge is 0.367 e. The molecule has 1 N–H and O–H groups in total. The lowest BCUT2D eigenvalue weighted by Gasteiger charge is -2.02. The van der Waals surface area contributed by atoms with Crippen LogP contribution in [-0.2, 0) is 6.42 Å². The van der Waals surface area contributed by atoms with E-state index < -0.39 is 0 Å². The van der Waals surface area contributed by atoms with E-state index in [2.05, 4.69) is 17.0 Å². The van der Waals surface area contributed by atoms with Gasteiger partial charge >= 0.3 is 0 Å². The Labute approximate surface area is 111 Å². The number of rotatable bonds is 3. The van der Waals surface area contributed by atoms with E-state index in [1.54, 1.807) is 6.20 Å². The standard InChI is InChI=1S/C15H15N3O/c1-2-6-11-9-16-10-13-14(11)17-18(15(13)19)12-7-4-3-5-8-12/h3-5,7-10,16H,2,6H2,1H3. The van der Waals surface area contributed by atoms with Crippen molar-refractivity contribution in [2.45, 2.75) is 19.8 Å². The molecule has 1 aromatic carbocycles. The van der Waals surface area contributed by atoms with Crippen molar-refractivity contribution in [1.29, 1.82) is 0 Å². The number of nitrogens with one attached hydrogen (secondary N) is 1. The number of aromatic amines is 1. The lowest BCUT2D eigenvalue weighted by atomic mass is 10.1. The number of fused-ring (bicyclic) bond motifs is 1. The molecular weight excluding hydrogens is 238 g/mol. The summed E-state index contributed by atoms with van der Waals surface area (Å²) < 4.78 is 1.47. The quantitative estimate of drug-likeness (QED) is 0.780. The van der Waals surface area contributed by atoms with Gasteiger partial charge in [0.25, 0.3) is 5.56 Å². The lowest BCUT2D eigenvalue weighted by Crippen LogP contribution is -2.14. The highest BCUT2D eigenvalue weighted by molar-refractivity contribution is 5.63. The first-order valence-corrected chi connectivity index (χ1v) is 6.45. The molecular formula is C15H15N3O. The molecule has 4 heteroatoms. The van der Waals surface area contributed by atoms with Crippen LogP contribution in [-0.4, -0.2) is 14.8 Å². The minimum atomic E-state index is -0.0737. The fraction of sp³-hybridized carbons (Fsp3) is 0.200. The van der Waals surface area contributed by atoms with Crippen LogP contribution in [0.1, 0.15) is 18.9 Å². The molecule has 0 amide bonds. The summed E-state index contributed by atoms with van der Waals surface area (Å²) in [6.07, 6.45) is 5.59. The summed E-state index contributed by atoms with van der Waals surface area (Å²) in [6.45, 7) is 2.12. The third-order valence-electron chi connectivity index (χ3n) is 3.19.